The molecular formula is C19H27N7O3. The van der Waals surface area contributed by atoms with Crippen molar-refractivity contribution in [2.24, 2.45) is 22.4 Å². The molecule has 2 rings (SSSR count). The average Bonchev–Trinajstić information content (AvgIpc) is 3.05. The first-order valence-corrected chi connectivity index (χ1v) is 9.37. The Labute approximate surface area is 169 Å². The summed E-state index contributed by atoms with van der Waals surface area (Å²) in [6.45, 7) is 10.0. The topological polar surface area (TPSA) is 108 Å². The lowest BCUT2D eigenvalue weighted by Gasteiger charge is -2.13. The van der Waals surface area contributed by atoms with Gasteiger partial charge >= 0.3 is 5.69 Å². The van der Waals surface area contributed by atoms with Gasteiger partial charge in [-0.05, 0) is 49.8 Å². The second-order valence-electron chi connectivity index (χ2n) is 6.29. The number of tetrazole rings is 1. The van der Waals surface area contributed by atoms with Crippen LogP contribution in [0.15, 0.2) is 38.4 Å². The van der Waals surface area contributed by atoms with Crippen LogP contribution < -0.4 is 5.69 Å². The molecule has 0 bridgehead atoms. The average molecular weight is 401 g/mol. The fraction of sp³-hybridized carbons (Fsp3) is 0.474. The summed E-state index contributed by atoms with van der Waals surface area (Å²) < 4.78 is 8.31. The van der Waals surface area contributed by atoms with Crippen molar-refractivity contribution in [1.82, 2.24) is 19.8 Å². The third-order valence-corrected chi connectivity index (χ3v) is 4.19. The van der Waals surface area contributed by atoms with E-state index in [1.54, 1.807) is 27.0 Å². The Morgan fingerprint density at radius 2 is 1.90 bits per heavy atom. The normalized spacial score (nSPS) is 13.0. The number of ether oxygens (including phenoxy) is 1. The predicted molar refractivity (Wildman–Crippen MR) is 112 cm³/mol. The van der Waals surface area contributed by atoms with Crippen LogP contribution in [0.3, 0.4) is 0 Å². The Morgan fingerprint density at radius 1 is 1.14 bits per heavy atom. The quantitative estimate of drug-likeness (QED) is 0.383. The Hall–Kier alpha value is -3.30. The van der Waals surface area contributed by atoms with Gasteiger partial charge in [-0.2, -0.15) is 14.5 Å². The van der Waals surface area contributed by atoms with Crippen molar-refractivity contribution in [2.75, 3.05) is 6.61 Å². The van der Waals surface area contributed by atoms with Crippen molar-refractivity contribution >= 4 is 17.3 Å². The van der Waals surface area contributed by atoms with Crippen LogP contribution in [0.25, 0.3) is 5.69 Å². The van der Waals surface area contributed by atoms with Gasteiger partial charge in [-0.1, -0.05) is 24.2 Å². The van der Waals surface area contributed by atoms with E-state index < -0.39 is 0 Å². The molecule has 10 heteroatoms. The minimum atomic E-state index is -0.328. The molecule has 1 aromatic heterocycles. The first kappa shape index (κ1) is 22.0. The maximum absolute atomic E-state index is 12.2. The smallest absolute Gasteiger partial charge is 0.368 e. The highest BCUT2D eigenvalue weighted by Crippen LogP contribution is 2.18. The molecule has 0 N–H and O–H groups in total. The van der Waals surface area contributed by atoms with Crippen LogP contribution in [-0.2, 0) is 23.2 Å². The number of nitrogens with zero attached hydrogens (tertiary/aromatic N) is 7. The molecule has 29 heavy (non-hydrogen) atoms. The highest BCUT2D eigenvalue weighted by Gasteiger charge is 2.14. The molecule has 1 heterocycles. The third-order valence-electron chi connectivity index (χ3n) is 4.19. The van der Waals surface area contributed by atoms with Crippen molar-refractivity contribution in [1.29, 1.82) is 0 Å². The largest absolute Gasteiger partial charge is 0.475 e. The van der Waals surface area contributed by atoms with E-state index in [1.165, 1.54) is 9.36 Å². The number of benzene rings is 1. The minimum absolute atomic E-state index is 0.221. The van der Waals surface area contributed by atoms with Gasteiger partial charge in [0.2, 0.25) is 5.90 Å². The van der Waals surface area contributed by atoms with Gasteiger partial charge in [0, 0.05) is 19.0 Å². The zero-order chi connectivity index (χ0) is 21.4. The number of aromatic nitrogens is 4. The zero-order valence-electron chi connectivity index (χ0n) is 17.7. The van der Waals surface area contributed by atoms with Crippen molar-refractivity contribution in [2.45, 2.75) is 47.6 Å². The molecule has 0 saturated carbocycles. The maximum atomic E-state index is 12.2. The molecule has 0 spiro atoms. The Morgan fingerprint density at radius 3 is 2.52 bits per heavy atom. The van der Waals surface area contributed by atoms with Crippen LogP contribution in [0.4, 0.5) is 0 Å². The van der Waals surface area contributed by atoms with Crippen molar-refractivity contribution in [3.63, 3.8) is 0 Å². The summed E-state index contributed by atoms with van der Waals surface area (Å²) in [7, 11) is 1.55. The van der Waals surface area contributed by atoms with E-state index >= 15 is 0 Å². The molecule has 0 amide bonds. The first-order valence-electron chi connectivity index (χ1n) is 9.37. The van der Waals surface area contributed by atoms with E-state index in [0.717, 1.165) is 11.1 Å². The van der Waals surface area contributed by atoms with Gasteiger partial charge in [-0.15, -0.1) is 5.10 Å². The molecule has 156 valence electrons. The van der Waals surface area contributed by atoms with Crippen LogP contribution in [0, 0.1) is 6.92 Å². The van der Waals surface area contributed by atoms with Gasteiger partial charge in [0.15, 0.2) is 0 Å². The monoisotopic (exact) mass is 401 g/mol. The van der Waals surface area contributed by atoms with Gasteiger partial charge < -0.3 is 9.57 Å². The first-order chi connectivity index (χ1) is 13.9. The molecule has 0 saturated heterocycles. The number of hydrogen-bond acceptors (Lipinski definition) is 8. The molecule has 0 aliphatic carbocycles. The van der Waals surface area contributed by atoms with E-state index in [4.69, 9.17) is 9.57 Å². The SMILES string of the molecule is CCO/N=C(C)/C(C)=N/N=C(\CC)OCc1c(C)cccc1-n1nnn(C)c1=O. The van der Waals surface area contributed by atoms with Crippen LogP contribution in [0.5, 0.6) is 0 Å². The van der Waals surface area contributed by atoms with Crippen LogP contribution >= 0.6 is 0 Å². The van der Waals surface area contributed by atoms with E-state index in [0.29, 0.717) is 36.0 Å². The standard InChI is InChI=1S/C19H27N7O3/c1-7-18(21-20-14(4)15(5)22-29-8-2)28-12-16-13(3)10-9-11-17(16)26-19(27)25(6)23-24-26/h9-11H,7-8,12H2,1-6H3/b20-14+,21-18+,22-15+. The van der Waals surface area contributed by atoms with E-state index in [9.17, 15) is 4.79 Å². The second-order valence-corrected chi connectivity index (χ2v) is 6.29. The molecule has 0 aliphatic rings. The van der Waals surface area contributed by atoms with Crippen molar-refractivity contribution < 1.29 is 9.57 Å². The molecule has 1 aromatic carbocycles. The third kappa shape index (κ3) is 5.59. The molecule has 0 unspecified atom stereocenters. The fourth-order valence-corrected chi connectivity index (χ4v) is 2.33. The summed E-state index contributed by atoms with van der Waals surface area (Å²) in [5.74, 6) is 0.467. The summed E-state index contributed by atoms with van der Waals surface area (Å²) in [5.41, 5.74) is 3.37. The minimum Gasteiger partial charge on any atom is -0.475 e. The van der Waals surface area contributed by atoms with E-state index in [1.807, 2.05) is 32.9 Å². The maximum Gasteiger partial charge on any atom is 0.368 e. The highest BCUT2D eigenvalue weighted by atomic mass is 16.6. The molecule has 10 nitrogen and oxygen atoms in total. The van der Waals surface area contributed by atoms with Gasteiger partial charge in [0.25, 0.3) is 0 Å². The van der Waals surface area contributed by atoms with E-state index in [-0.39, 0.29) is 12.3 Å². The summed E-state index contributed by atoms with van der Waals surface area (Å²) in [5, 5.41) is 20.0. The number of aryl methyl sites for hydroxylation is 2. The lowest BCUT2D eigenvalue weighted by atomic mass is 10.1. The molecule has 0 atom stereocenters. The van der Waals surface area contributed by atoms with Crippen LogP contribution in [-0.4, -0.2) is 43.7 Å². The summed E-state index contributed by atoms with van der Waals surface area (Å²) in [6.07, 6.45) is 0.560. The Bertz CT molecular complexity index is 986. The second kappa shape index (κ2) is 10.3. The van der Waals surface area contributed by atoms with Gasteiger partial charge in [-0.3, -0.25) is 0 Å². The summed E-state index contributed by atoms with van der Waals surface area (Å²) >= 11 is 0. The Kier molecular flexibility index (Phi) is 7.81. The highest BCUT2D eigenvalue weighted by molar-refractivity contribution is 6.40. The van der Waals surface area contributed by atoms with E-state index in [2.05, 4.69) is 25.8 Å². The summed E-state index contributed by atoms with van der Waals surface area (Å²) in [6, 6.07) is 5.61. The lowest BCUT2D eigenvalue weighted by Crippen LogP contribution is -2.23. The van der Waals surface area contributed by atoms with Crippen LogP contribution in [0.1, 0.15) is 45.2 Å². The van der Waals surface area contributed by atoms with Crippen molar-refractivity contribution in [3.05, 3.63) is 39.8 Å². The zero-order valence-corrected chi connectivity index (χ0v) is 17.7. The summed E-state index contributed by atoms with van der Waals surface area (Å²) in [4.78, 5) is 17.3. The molecule has 2 aromatic rings. The fourth-order valence-electron chi connectivity index (χ4n) is 2.33. The van der Waals surface area contributed by atoms with Crippen LogP contribution in [0.2, 0.25) is 0 Å². The molecular weight excluding hydrogens is 374 g/mol. The number of rotatable bonds is 8. The molecule has 0 radical (unpaired) electrons. The van der Waals surface area contributed by atoms with Gasteiger partial charge in [0.1, 0.15) is 13.2 Å². The van der Waals surface area contributed by atoms with Crippen molar-refractivity contribution in [3.8, 4) is 5.69 Å². The lowest BCUT2D eigenvalue weighted by molar-refractivity contribution is 0.159. The van der Waals surface area contributed by atoms with Gasteiger partial charge in [-0.25, -0.2) is 4.79 Å². The number of oxime groups is 1. The molecule has 0 fully saturated rings. The van der Waals surface area contributed by atoms with Gasteiger partial charge in [0.05, 0.1) is 17.1 Å². The molecule has 0 aliphatic heterocycles. The Balaban J connectivity index is 2.24. The predicted octanol–water partition coefficient (Wildman–Crippen LogP) is 2.39. The number of hydrogen-bond donors (Lipinski definition) is 0.